The number of hydrogen-bond acceptors (Lipinski definition) is 5. The molecule has 0 aliphatic carbocycles. The minimum atomic E-state index is 0.575. The van der Waals surface area contributed by atoms with Crippen molar-refractivity contribution in [1.82, 2.24) is 25.1 Å². The van der Waals surface area contributed by atoms with Gasteiger partial charge in [-0.1, -0.05) is 0 Å². The monoisotopic (exact) mass is 301 g/mol. The molecule has 4 aromatic rings. The number of aryl methyl sites for hydroxylation is 1. The highest BCUT2D eigenvalue weighted by Gasteiger charge is 2.11. The van der Waals surface area contributed by atoms with Crippen LogP contribution in [0.15, 0.2) is 42.9 Å². The van der Waals surface area contributed by atoms with Gasteiger partial charge in [-0.15, -0.1) is 0 Å². The summed E-state index contributed by atoms with van der Waals surface area (Å²) in [5.41, 5.74) is 12.4. The molecule has 23 heavy (non-hydrogen) atoms. The summed E-state index contributed by atoms with van der Waals surface area (Å²) < 4.78 is 0. The summed E-state index contributed by atoms with van der Waals surface area (Å²) >= 11 is 0. The molecule has 0 saturated heterocycles. The molecule has 0 aliphatic heterocycles. The molecule has 0 bridgehead atoms. The van der Waals surface area contributed by atoms with Gasteiger partial charge in [-0.25, -0.2) is 9.97 Å². The largest absolute Gasteiger partial charge is 0.397 e. The Morgan fingerprint density at radius 2 is 2.04 bits per heavy atom. The molecule has 0 unspecified atom stereocenters. The zero-order valence-electron chi connectivity index (χ0n) is 12.4. The summed E-state index contributed by atoms with van der Waals surface area (Å²) in [6, 6.07) is 10.5. The predicted octanol–water partition coefficient (Wildman–Crippen LogP) is 2.77. The predicted molar refractivity (Wildman–Crippen MR) is 88.3 cm³/mol. The van der Waals surface area contributed by atoms with Gasteiger partial charge in [-0.2, -0.15) is 5.10 Å². The number of fused-ring (bicyclic) bond motifs is 1. The number of anilines is 1. The normalized spacial score (nSPS) is 11.0. The average molecular weight is 301 g/mol. The van der Waals surface area contributed by atoms with Crippen LogP contribution in [0, 0.1) is 13.0 Å². The minimum Gasteiger partial charge on any atom is -0.397 e. The van der Waals surface area contributed by atoms with Gasteiger partial charge in [0.1, 0.15) is 11.2 Å². The number of nitrogens with one attached hydrogen (secondary N) is 1. The zero-order chi connectivity index (χ0) is 15.8. The SMILES string of the molecule is Cc1ccncc1-c1cc(N)c2nc(-c3[c]c[nH]n3)ccc2n1. The van der Waals surface area contributed by atoms with Crippen molar-refractivity contribution < 1.29 is 0 Å². The Hall–Kier alpha value is -3.28. The van der Waals surface area contributed by atoms with E-state index < -0.39 is 0 Å². The van der Waals surface area contributed by atoms with Crippen molar-refractivity contribution >= 4 is 16.7 Å². The van der Waals surface area contributed by atoms with E-state index in [4.69, 9.17) is 5.73 Å². The lowest BCUT2D eigenvalue weighted by molar-refractivity contribution is 1.09. The molecule has 0 atom stereocenters. The second kappa shape index (κ2) is 5.17. The molecular weight excluding hydrogens is 288 g/mol. The third-order valence-electron chi connectivity index (χ3n) is 3.69. The van der Waals surface area contributed by atoms with Gasteiger partial charge >= 0.3 is 0 Å². The Bertz CT molecular complexity index is 991. The fourth-order valence-electron chi connectivity index (χ4n) is 2.50. The van der Waals surface area contributed by atoms with Crippen LogP contribution in [0.3, 0.4) is 0 Å². The van der Waals surface area contributed by atoms with E-state index in [2.05, 4.69) is 31.2 Å². The molecule has 4 heterocycles. The van der Waals surface area contributed by atoms with Gasteiger partial charge in [-0.3, -0.25) is 10.1 Å². The third-order valence-corrected chi connectivity index (χ3v) is 3.69. The van der Waals surface area contributed by atoms with Crippen molar-refractivity contribution in [3.8, 4) is 22.6 Å². The van der Waals surface area contributed by atoms with Gasteiger partial charge in [0.15, 0.2) is 0 Å². The molecule has 4 rings (SSSR count). The first kappa shape index (κ1) is 13.4. The number of nitrogens with two attached hydrogens (primary N) is 1. The Balaban J connectivity index is 1.89. The van der Waals surface area contributed by atoms with E-state index >= 15 is 0 Å². The minimum absolute atomic E-state index is 0.575. The summed E-state index contributed by atoms with van der Waals surface area (Å²) in [4.78, 5) is 13.4. The van der Waals surface area contributed by atoms with Gasteiger partial charge in [0, 0.05) is 30.2 Å². The zero-order valence-corrected chi connectivity index (χ0v) is 12.4. The maximum atomic E-state index is 6.21. The summed E-state index contributed by atoms with van der Waals surface area (Å²) in [6.45, 7) is 2.02. The molecule has 0 aromatic carbocycles. The number of nitrogen functional groups attached to an aromatic ring is 1. The van der Waals surface area contributed by atoms with Gasteiger partial charge in [-0.05, 0) is 36.8 Å². The van der Waals surface area contributed by atoms with E-state index in [1.165, 1.54) is 0 Å². The van der Waals surface area contributed by atoms with Crippen LogP contribution in [-0.2, 0) is 0 Å². The Labute approximate surface area is 132 Å². The second-order valence-electron chi connectivity index (χ2n) is 5.23. The number of aromatic nitrogens is 5. The lowest BCUT2D eigenvalue weighted by Crippen LogP contribution is -1.97. The van der Waals surface area contributed by atoms with Crippen LogP contribution in [0.4, 0.5) is 5.69 Å². The molecular formula is C17H13N6. The number of nitrogens with zero attached hydrogens (tertiary/aromatic N) is 4. The fourth-order valence-corrected chi connectivity index (χ4v) is 2.50. The van der Waals surface area contributed by atoms with E-state index in [9.17, 15) is 0 Å². The third kappa shape index (κ3) is 2.30. The van der Waals surface area contributed by atoms with E-state index in [1.54, 1.807) is 18.6 Å². The number of pyridine rings is 3. The molecule has 0 aliphatic rings. The number of H-pyrrole nitrogens is 1. The standard InChI is InChI=1S/C17H13N6/c1-10-4-6-19-9-11(10)16-8-12(18)17-15(21-16)3-2-13(22-17)14-5-7-20-23-14/h2-4,6-9H,1H3,(H2,18,21)(H,20,23). The quantitative estimate of drug-likeness (QED) is 0.594. The van der Waals surface area contributed by atoms with Gasteiger partial charge < -0.3 is 5.73 Å². The molecule has 6 heteroatoms. The van der Waals surface area contributed by atoms with Crippen LogP contribution in [0.5, 0.6) is 0 Å². The molecule has 111 valence electrons. The lowest BCUT2D eigenvalue weighted by Gasteiger charge is -2.08. The molecule has 4 aromatic heterocycles. The van der Waals surface area contributed by atoms with Crippen LogP contribution in [0.1, 0.15) is 5.56 Å². The van der Waals surface area contributed by atoms with Crippen LogP contribution >= 0.6 is 0 Å². The highest BCUT2D eigenvalue weighted by Crippen LogP contribution is 2.28. The summed E-state index contributed by atoms with van der Waals surface area (Å²) in [7, 11) is 0. The van der Waals surface area contributed by atoms with Crippen molar-refractivity contribution in [3.63, 3.8) is 0 Å². The number of hydrogen-bond donors (Lipinski definition) is 2. The molecule has 1 radical (unpaired) electrons. The lowest BCUT2D eigenvalue weighted by atomic mass is 10.1. The second-order valence-corrected chi connectivity index (χ2v) is 5.23. The average Bonchev–Trinajstić information content (AvgIpc) is 3.09. The van der Waals surface area contributed by atoms with Crippen molar-refractivity contribution in [2.45, 2.75) is 6.92 Å². The maximum absolute atomic E-state index is 6.21. The van der Waals surface area contributed by atoms with Crippen LogP contribution in [0.25, 0.3) is 33.7 Å². The van der Waals surface area contributed by atoms with E-state index in [1.807, 2.05) is 31.2 Å². The fraction of sp³-hybridized carbons (Fsp3) is 0.0588. The van der Waals surface area contributed by atoms with Crippen LogP contribution in [-0.4, -0.2) is 25.1 Å². The van der Waals surface area contributed by atoms with Crippen molar-refractivity contribution in [3.05, 3.63) is 54.5 Å². The highest BCUT2D eigenvalue weighted by molar-refractivity contribution is 5.90. The summed E-state index contributed by atoms with van der Waals surface area (Å²) in [5, 5.41) is 6.82. The first-order chi connectivity index (χ1) is 11.2. The summed E-state index contributed by atoms with van der Waals surface area (Å²) in [5.74, 6) is 0. The summed E-state index contributed by atoms with van der Waals surface area (Å²) in [6.07, 6.45) is 5.19. The Morgan fingerprint density at radius 1 is 1.13 bits per heavy atom. The molecule has 0 saturated carbocycles. The van der Waals surface area contributed by atoms with Crippen molar-refractivity contribution in [2.24, 2.45) is 0 Å². The molecule has 3 N–H and O–H groups in total. The number of aromatic amines is 1. The Kier molecular flexibility index (Phi) is 3.01. The smallest absolute Gasteiger partial charge is 0.118 e. The molecule has 0 spiro atoms. The van der Waals surface area contributed by atoms with Gasteiger partial charge in [0.25, 0.3) is 0 Å². The van der Waals surface area contributed by atoms with Crippen molar-refractivity contribution in [1.29, 1.82) is 0 Å². The van der Waals surface area contributed by atoms with Gasteiger partial charge in [0.05, 0.1) is 22.6 Å². The number of rotatable bonds is 2. The first-order valence-corrected chi connectivity index (χ1v) is 7.12. The molecule has 6 nitrogen and oxygen atoms in total. The Morgan fingerprint density at radius 3 is 2.83 bits per heavy atom. The van der Waals surface area contributed by atoms with Crippen molar-refractivity contribution in [2.75, 3.05) is 5.73 Å². The van der Waals surface area contributed by atoms with Gasteiger partial charge in [0.2, 0.25) is 0 Å². The van der Waals surface area contributed by atoms with Crippen LogP contribution in [0.2, 0.25) is 0 Å². The van der Waals surface area contributed by atoms with Crippen LogP contribution < -0.4 is 5.73 Å². The van der Waals surface area contributed by atoms with E-state index in [0.29, 0.717) is 22.6 Å². The van der Waals surface area contributed by atoms with E-state index in [-0.39, 0.29) is 0 Å². The molecule has 0 fully saturated rings. The topological polar surface area (TPSA) is 93.4 Å². The molecule has 0 amide bonds. The highest BCUT2D eigenvalue weighted by atomic mass is 15.1. The maximum Gasteiger partial charge on any atom is 0.118 e. The first-order valence-electron chi connectivity index (χ1n) is 7.12. The van der Waals surface area contributed by atoms with E-state index in [0.717, 1.165) is 22.3 Å².